The van der Waals surface area contributed by atoms with Gasteiger partial charge in [-0.3, -0.25) is 0 Å². The van der Waals surface area contributed by atoms with E-state index in [0.717, 1.165) is 46.6 Å². The maximum atomic E-state index is 4.62. The van der Waals surface area contributed by atoms with Gasteiger partial charge in [0.1, 0.15) is 16.6 Å². The highest BCUT2D eigenvalue weighted by Crippen LogP contribution is 2.18. The molecule has 102 valence electrons. The number of nitrogens with zero attached hydrogens (tertiary/aromatic N) is 3. The quantitative estimate of drug-likeness (QED) is 0.910. The highest BCUT2D eigenvalue weighted by molar-refractivity contribution is 7.09. The molecule has 2 rings (SSSR count). The van der Waals surface area contributed by atoms with Crippen molar-refractivity contribution in [3.8, 4) is 0 Å². The molecule has 0 aliphatic heterocycles. The molecule has 19 heavy (non-hydrogen) atoms. The number of rotatable bonds is 5. The van der Waals surface area contributed by atoms with E-state index in [1.165, 1.54) is 0 Å². The van der Waals surface area contributed by atoms with Gasteiger partial charge >= 0.3 is 0 Å². The first-order chi connectivity index (χ1) is 9.10. The lowest BCUT2D eigenvalue weighted by Crippen LogP contribution is -2.09. The minimum atomic E-state index is 0.709. The summed E-state index contributed by atoms with van der Waals surface area (Å²) in [4.78, 5) is 13.6. The normalized spacial score (nSPS) is 10.7. The number of anilines is 1. The summed E-state index contributed by atoms with van der Waals surface area (Å²) >= 11 is 1.67. The summed E-state index contributed by atoms with van der Waals surface area (Å²) in [5.41, 5.74) is 3.23. The fraction of sp³-hybridized carbons (Fsp3) is 0.500. The lowest BCUT2D eigenvalue weighted by Gasteiger charge is -2.11. The van der Waals surface area contributed by atoms with Crippen molar-refractivity contribution in [1.82, 2.24) is 15.0 Å². The van der Waals surface area contributed by atoms with E-state index in [1.807, 2.05) is 13.8 Å². The van der Waals surface area contributed by atoms with Crippen LogP contribution in [0.1, 0.15) is 41.1 Å². The summed E-state index contributed by atoms with van der Waals surface area (Å²) in [6, 6.07) is 0. The molecule has 0 aliphatic carbocycles. The fourth-order valence-electron chi connectivity index (χ4n) is 1.80. The molecule has 0 aliphatic rings. The van der Waals surface area contributed by atoms with Crippen molar-refractivity contribution in [2.24, 2.45) is 0 Å². The van der Waals surface area contributed by atoms with Crippen molar-refractivity contribution in [3.63, 3.8) is 0 Å². The smallest absolute Gasteiger partial charge is 0.137 e. The van der Waals surface area contributed by atoms with Gasteiger partial charge in [0.25, 0.3) is 0 Å². The summed E-state index contributed by atoms with van der Waals surface area (Å²) < 4.78 is 0. The second kappa shape index (κ2) is 6.10. The van der Waals surface area contributed by atoms with Crippen LogP contribution in [0.5, 0.6) is 0 Å². The average Bonchev–Trinajstić information content (AvgIpc) is 2.77. The van der Waals surface area contributed by atoms with Gasteiger partial charge in [-0.15, -0.1) is 11.3 Å². The maximum Gasteiger partial charge on any atom is 0.137 e. The molecule has 0 spiro atoms. The highest BCUT2D eigenvalue weighted by Gasteiger charge is 2.09. The monoisotopic (exact) mass is 276 g/mol. The van der Waals surface area contributed by atoms with Crippen LogP contribution in [0, 0.1) is 20.8 Å². The molecule has 0 atom stereocenters. The molecular weight excluding hydrogens is 256 g/mol. The number of hydrogen-bond donors (Lipinski definition) is 1. The Balaban J connectivity index is 2.23. The van der Waals surface area contributed by atoms with Gasteiger partial charge in [0.05, 0.1) is 6.42 Å². The number of aryl methyl sites for hydroxylation is 2. The van der Waals surface area contributed by atoms with Crippen LogP contribution in [0.3, 0.4) is 0 Å². The largest absolute Gasteiger partial charge is 0.370 e. The van der Waals surface area contributed by atoms with Gasteiger partial charge in [-0.05, 0) is 27.2 Å². The van der Waals surface area contributed by atoms with Crippen LogP contribution in [0.15, 0.2) is 5.38 Å². The molecule has 5 heteroatoms. The summed E-state index contributed by atoms with van der Waals surface area (Å²) in [6.45, 7) is 9.19. The summed E-state index contributed by atoms with van der Waals surface area (Å²) in [7, 11) is 0. The van der Waals surface area contributed by atoms with Gasteiger partial charge in [-0.1, -0.05) is 6.92 Å². The Kier molecular flexibility index (Phi) is 4.47. The van der Waals surface area contributed by atoms with Gasteiger partial charge in [-0.2, -0.15) is 0 Å². The van der Waals surface area contributed by atoms with Crippen molar-refractivity contribution in [3.05, 3.63) is 33.2 Å². The van der Waals surface area contributed by atoms with Crippen LogP contribution >= 0.6 is 11.3 Å². The summed E-state index contributed by atoms with van der Waals surface area (Å²) in [6.07, 6.45) is 1.80. The second-order valence-corrected chi connectivity index (χ2v) is 5.63. The molecule has 2 aromatic rings. The first-order valence-electron chi connectivity index (χ1n) is 6.59. The van der Waals surface area contributed by atoms with E-state index in [-0.39, 0.29) is 0 Å². The Labute approximate surface area is 118 Å². The predicted octanol–water partition coefficient (Wildman–Crippen LogP) is 3.27. The Bertz CT molecular complexity index is 563. The van der Waals surface area contributed by atoms with E-state index in [2.05, 4.69) is 39.5 Å². The standard InChI is InChI=1S/C14H20N4S/c1-5-6-15-14-10(3)11(4)17-12(18-14)7-13-16-9(2)8-19-13/h8H,5-7H2,1-4H3,(H,15,17,18). The molecule has 0 saturated heterocycles. The molecule has 0 bridgehead atoms. The molecule has 0 amide bonds. The summed E-state index contributed by atoms with van der Waals surface area (Å²) in [5.74, 6) is 1.80. The van der Waals surface area contributed by atoms with Crippen molar-refractivity contribution in [1.29, 1.82) is 0 Å². The van der Waals surface area contributed by atoms with Crippen LogP contribution in [0.25, 0.3) is 0 Å². The van der Waals surface area contributed by atoms with Crippen LogP contribution < -0.4 is 5.32 Å². The lowest BCUT2D eigenvalue weighted by molar-refractivity contribution is 0.898. The molecule has 4 nitrogen and oxygen atoms in total. The predicted molar refractivity (Wildman–Crippen MR) is 79.9 cm³/mol. The molecule has 0 radical (unpaired) electrons. The Morgan fingerprint density at radius 3 is 2.58 bits per heavy atom. The fourth-order valence-corrected chi connectivity index (χ4v) is 2.57. The van der Waals surface area contributed by atoms with Gasteiger partial charge in [0, 0.05) is 28.9 Å². The van der Waals surface area contributed by atoms with E-state index in [4.69, 9.17) is 0 Å². The van der Waals surface area contributed by atoms with Crippen molar-refractivity contribution < 1.29 is 0 Å². The summed E-state index contributed by atoms with van der Waals surface area (Å²) in [5, 5.41) is 6.50. The number of aromatic nitrogens is 3. The SMILES string of the molecule is CCCNc1nc(Cc2nc(C)cs2)nc(C)c1C. The van der Waals surface area contributed by atoms with Crippen molar-refractivity contribution >= 4 is 17.2 Å². The third-order valence-electron chi connectivity index (χ3n) is 2.95. The zero-order chi connectivity index (χ0) is 13.8. The molecule has 2 aromatic heterocycles. The Morgan fingerprint density at radius 1 is 1.16 bits per heavy atom. The maximum absolute atomic E-state index is 4.62. The third kappa shape index (κ3) is 3.50. The first kappa shape index (κ1) is 13.9. The second-order valence-electron chi connectivity index (χ2n) is 4.69. The van der Waals surface area contributed by atoms with E-state index in [9.17, 15) is 0 Å². The third-order valence-corrected chi connectivity index (χ3v) is 3.92. The van der Waals surface area contributed by atoms with Gasteiger partial charge in [0.2, 0.25) is 0 Å². The van der Waals surface area contributed by atoms with Crippen LogP contribution in [-0.2, 0) is 6.42 Å². The van der Waals surface area contributed by atoms with Gasteiger partial charge in [-0.25, -0.2) is 15.0 Å². The van der Waals surface area contributed by atoms with Crippen LogP contribution in [0.2, 0.25) is 0 Å². The Hall–Kier alpha value is -1.49. The van der Waals surface area contributed by atoms with Gasteiger partial charge in [0.15, 0.2) is 0 Å². The van der Waals surface area contributed by atoms with Crippen molar-refractivity contribution in [2.45, 2.75) is 40.5 Å². The molecule has 0 fully saturated rings. The van der Waals surface area contributed by atoms with E-state index in [1.54, 1.807) is 11.3 Å². The zero-order valence-electron chi connectivity index (χ0n) is 11.9. The number of thiazole rings is 1. The Morgan fingerprint density at radius 2 is 1.95 bits per heavy atom. The average molecular weight is 276 g/mol. The molecular formula is C14H20N4S. The minimum absolute atomic E-state index is 0.709. The molecule has 0 saturated carbocycles. The lowest BCUT2D eigenvalue weighted by atomic mass is 10.2. The highest BCUT2D eigenvalue weighted by atomic mass is 32.1. The van der Waals surface area contributed by atoms with E-state index in [0.29, 0.717) is 6.42 Å². The van der Waals surface area contributed by atoms with E-state index >= 15 is 0 Å². The van der Waals surface area contributed by atoms with E-state index < -0.39 is 0 Å². The molecule has 2 heterocycles. The van der Waals surface area contributed by atoms with Gasteiger partial charge < -0.3 is 5.32 Å². The minimum Gasteiger partial charge on any atom is -0.370 e. The number of nitrogens with one attached hydrogen (secondary N) is 1. The molecule has 0 aromatic carbocycles. The zero-order valence-corrected chi connectivity index (χ0v) is 12.8. The van der Waals surface area contributed by atoms with Crippen LogP contribution in [-0.4, -0.2) is 21.5 Å². The van der Waals surface area contributed by atoms with Crippen molar-refractivity contribution in [2.75, 3.05) is 11.9 Å². The molecule has 0 unspecified atom stereocenters. The topological polar surface area (TPSA) is 50.7 Å². The van der Waals surface area contributed by atoms with Crippen LogP contribution in [0.4, 0.5) is 5.82 Å². The molecule has 1 N–H and O–H groups in total. The first-order valence-corrected chi connectivity index (χ1v) is 7.47. The number of hydrogen-bond acceptors (Lipinski definition) is 5.